The molecule has 3 rings (SSSR count). The Bertz CT molecular complexity index is 660. The fourth-order valence-electron chi connectivity index (χ4n) is 4.62. The summed E-state index contributed by atoms with van der Waals surface area (Å²) in [7, 11) is 0. The van der Waals surface area contributed by atoms with Gasteiger partial charge in [-0.25, -0.2) is 0 Å². The van der Waals surface area contributed by atoms with Crippen molar-refractivity contribution in [3.63, 3.8) is 0 Å². The molecule has 0 aromatic heterocycles. The van der Waals surface area contributed by atoms with Gasteiger partial charge >= 0.3 is 5.97 Å². The van der Waals surface area contributed by atoms with Crippen molar-refractivity contribution in [3.8, 4) is 5.75 Å². The highest BCUT2D eigenvalue weighted by Crippen LogP contribution is 2.30. The number of nitrogens with zero attached hydrogens (tertiary/aromatic N) is 2. The lowest BCUT2D eigenvalue weighted by Gasteiger charge is -2.39. The van der Waals surface area contributed by atoms with E-state index in [-0.39, 0.29) is 24.4 Å². The topological polar surface area (TPSA) is 59.1 Å². The highest BCUT2D eigenvalue weighted by molar-refractivity contribution is 5.78. The van der Waals surface area contributed by atoms with Gasteiger partial charge in [0.05, 0.1) is 6.61 Å². The number of amides is 1. The van der Waals surface area contributed by atoms with Crippen molar-refractivity contribution in [2.75, 3.05) is 45.9 Å². The molecule has 0 unspecified atom stereocenters. The first-order valence-electron chi connectivity index (χ1n) is 11.5. The van der Waals surface area contributed by atoms with Crippen molar-refractivity contribution in [1.82, 2.24) is 9.80 Å². The minimum absolute atomic E-state index is 0.0245. The summed E-state index contributed by atoms with van der Waals surface area (Å²) in [6.45, 7) is 7.10. The van der Waals surface area contributed by atoms with Crippen LogP contribution >= 0.6 is 0 Å². The quantitative estimate of drug-likeness (QED) is 0.578. The monoisotopic (exact) mass is 416 g/mol. The molecule has 1 amide bonds. The van der Waals surface area contributed by atoms with E-state index in [9.17, 15) is 9.59 Å². The maximum atomic E-state index is 12.8. The molecular formula is C24H36N2O4. The molecule has 1 aromatic carbocycles. The fourth-order valence-corrected chi connectivity index (χ4v) is 4.62. The molecule has 0 bridgehead atoms. The standard InChI is InChI=1S/C24H36N2O4/c1-2-29-24(28)17-20-12-16-26(23(27)19-30-22-9-5-3-6-10-22)18-21(20)11-15-25-13-7-4-8-14-25/h3,5-6,9-10,20-21H,2,4,7-8,11-19H2,1H3/t20-,21-/m0/s1. The predicted octanol–water partition coefficient (Wildman–Crippen LogP) is 3.36. The normalized spacial score (nSPS) is 22.5. The second-order valence-corrected chi connectivity index (χ2v) is 8.45. The van der Waals surface area contributed by atoms with Crippen LogP contribution in [0.5, 0.6) is 5.75 Å². The zero-order chi connectivity index (χ0) is 21.2. The number of hydrogen-bond acceptors (Lipinski definition) is 5. The fraction of sp³-hybridized carbons (Fsp3) is 0.667. The van der Waals surface area contributed by atoms with Gasteiger partial charge in [-0.2, -0.15) is 0 Å². The van der Waals surface area contributed by atoms with E-state index in [1.54, 1.807) is 0 Å². The summed E-state index contributed by atoms with van der Waals surface area (Å²) in [4.78, 5) is 29.3. The molecule has 2 fully saturated rings. The van der Waals surface area contributed by atoms with Crippen LogP contribution < -0.4 is 4.74 Å². The maximum absolute atomic E-state index is 12.8. The molecule has 6 nitrogen and oxygen atoms in total. The summed E-state index contributed by atoms with van der Waals surface area (Å²) in [5.74, 6) is 1.23. The predicted molar refractivity (Wildman–Crippen MR) is 116 cm³/mol. The van der Waals surface area contributed by atoms with Gasteiger partial charge < -0.3 is 19.3 Å². The highest BCUT2D eigenvalue weighted by atomic mass is 16.5. The molecule has 1 aromatic rings. The average molecular weight is 417 g/mol. The van der Waals surface area contributed by atoms with Gasteiger partial charge in [-0.3, -0.25) is 9.59 Å². The molecule has 2 aliphatic rings. The van der Waals surface area contributed by atoms with E-state index in [4.69, 9.17) is 9.47 Å². The minimum atomic E-state index is -0.113. The molecular weight excluding hydrogens is 380 g/mol. The first-order valence-corrected chi connectivity index (χ1v) is 11.5. The van der Waals surface area contributed by atoms with E-state index >= 15 is 0 Å². The number of rotatable bonds is 9. The second kappa shape index (κ2) is 11.9. The lowest BCUT2D eigenvalue weighted by Crippen LogP contribution is -2.47. The Morgan fingerprint density at radius 3 is 2.53 bits per heavy atom. The van der Waals surface area contributed by atoms with Crippen molar-refractivity contribution in [3.05, 3.63) is 30.3 Å². The molecule has 6 heteroatoms. The van der Waals surface area contributed by atoms with Crippen molar-refractivity contribution in [2.24, 2.45) is 11.8 Å². The van der Waals surface area contributed by atoms with Crippen molar-refractivity contribution < 1.29 is 19.1 Å². The molecule has 2 aliphatic heterocycles. The van der Waals surface area contributed by atoms with Crippen molar-refractivity contribution in [1.29, 1.82) is 0 Å². The van der Waals surface area contributed by atoms with E-state index in [1.165, 1.54) is 32.4 Å². The van der Waals surface area contributed by atoms with Crippen LogP contribution in [0.1, 0.15) is 45.4 Å². The third-order valence-electron chi connectivity index (χ3n) is 6.35. The summed E-state index contributed by atoms with van der Waals surface area (Å²) < 4.78 is 10.9. The molecule has 166 valence electrons. The van der Waals surface area contributed by atoms with Gasteiger partial charge in [-0.05, 0) is 76.2 Å². The number of carbonyl (C=O) groups is 2. The number of para-hydroxylation sites is 1. The molecule has 0 saturated carbocycles. The Morgan fingerprint density at radius 1 is 1.03 bits per heavy atom. The van der Waals surface area contributed by atoms with Gasteiger partial charge in [-0.15, -0.1) is 0 Å². The largest absolute Gasteiger partial charge is 0.484 e. The van der Waals surface area contributed by atoms with Crippen LogP contribution in [0.4, 0.5) is 0 Å². The average Bonchev–Trinajstić information content (AvgIpc) is 2.78. The van der Waals surface area contributed by atoms with Gasteiger partial charge in [0, 0.05) is 19.5 Å². The minimum Gasteiger partial charge on any atom is -0.484 e. The van der Waals surface area contributed by atoms with Gasteiger partial charge in [0.1, 0.15) is 5.75 Å². The highest BCUT2D eigenvalue weighted by Gasteiger charge is 2.33. The Kier molecular flexibility index (Phi) is 9.00. The van der Waals surface area contributed by atoms with E-state index in [0.717, 1.165) is 19.4 Å². The summed E-state index contributed by atoms with van der Waals surface area (Å²) in [6.07, 6.45) is 6.21. The maximum Gasteiger partial charge on any atom is 0.306 e. The van der Waals surface area contributed by atoms with Gasteiger partial charge in [-0.1, -0.05) is 24.6 Å². The van der Waals surface area contributed by atoms with Crippen LogP contribution in [-0.4, -0.2) is 67.6 Å². The van der Waals surface area contributed by atoms with Gasteiger partial charge in [0.2, 0.25) is 0 Å². The number of carbonyl (C=O) groups excluding carboxylic acids is 2. The lowest BCUT2D eigenvalue weighted by molar-refractivity contribution is -0.145. The molecule has 0 radical (unpaired) electrons. The Hall–Kier alpha value is -2.08. The number of likely N-dealkylation sites (tertiary alicyclic amines) is 2. The smallest absolute Gasteiger partial charge is 0.306 e. The lowest BCUT2D eigenvalue weighted by atomic mass is 9.81. The summed E-state index contributed by atoms with van der Waals surface area (Å²) in [6, 6.07) is 9.45. The van der Waals surface area contributed by atoms with Gasteiger partial charge in [0.25, 0.3) is 5.91 Å². The number of benzene rings is 1. The molecule has 0 spiro atoms. The summed E-state index contributed by atoms with van der Waals surface area (Å²) in [5.41, 5.74) is 0. The van der Waals surface area contributed by atoms with Gasteiger partial charge in [0.15, 0.2) is 6.61 Å². The van der Waals surface area contributed by atoms with E-state index < -0.39 is 0 Å². The van der Waals surface area contributed by atoms with E-state index in [1.807, 2.05) is 42.2 Å². The molecule has 0 N–H and O–H groups in total. The van der Waals surface area contributed by atoms with Crippen LogP contribution in [0.25, 0.3) is 0 Å². The summed E-state index contributed by atoms with van der Waals surface area (Å²) >= 11 is 0. The molecule has 2 saturated heterocycles. The Morgan fingerprint density at radius 2 is 1.80 bits per heavy atom. The summed E-state index contributed by atoms with van der Waals surface area (Å²) in [5, 5.41) is 0. The molecule has 30 heavy (non-hydrogen) atoms. The molecule has 2 heterocycles. The zero-order valence-electron chi connectivity index (χ0n) is 18.3. The van der Waals surface area contributed by atoms with Crippen LogP contribution in [-0.2, 0) is 14.3 Å². The van der Waals surface area contributed by atoms with Crippen molar-refractivity contribution >= 4 is 11.9 Å². The van der Waals surface area contributed by atoms with E-state index in [0.29, 0.717) is 37.8 Å². The molecule has 2 atom stereocenters. The first kappa shape index (κ1) is 22.6. The third-order valence-corrected chi connectivity index (χ3v) is 6.35. The number of esters is 1. The van der Waals surface area contributed by atoms with Crippen molar-refractivity contribution in [2.45, 2.75) is 45.4 Å². The first-order chi connectivity index (χ1) is 14.7. The Balaban J connectivity index is 1.54. The Labute approximate surface area is 180 Å². The second-order valence-electron chi connectivity index (χ2n) is 8.45. The third kappa shape index (κ3) is 7.01. The van der Waals surface area contributed by atoms with Crippen LogP contribution in [0.3, 0.4) is 0 Å². The number of hydrogen-bond donors (Lipinski definition) is 0. The number of ether oxygens (including phenoxy) is 2. The van der Waals surface area contributed by atoms with E-state index in [2.05, 4.69) is 4.90 Å². The number of piperidine rings is 2. The van der Waals surface area contributed by atoms with Crippen LogP contribution in [0, 0.1) is 11.8 Å². The van der Waals surface area contributed by atoms with Crippen LogP contribution in [0.15, 0.2) is 30.3 Å². The molecule has 0 aliphatic carbocycles. The van der Waals surface area contributed by atoms with Crippen LogP contribution in [0.2, 0.25) is 0 Å². The SMILES string of the molecule is CCOC(=O)C[C@@H]1CCN(C(=O)COc2ccccc2)C[C@@H]1CCN1CCCCC1. The zero-order valence-corrected chi connectivity index (χ0v) is 18.3.